The predicted molar refractivity (Wildman–Crippen MR) is 74.5 cm³/mol. The molecular weight excluding hydrogens is 242 g/mol. The van der Waals surface area contributed by atoms with Gasteiger partial charge in [-0.05, 0) is 29.5 Å². The average molecular weight is 257 g/mol. The van der Waals surface area contributed by atoms with Crippen molar-refractivity contribution in [3.63, 3.8) is 0 Å². The Morgan fingerprint density at radius 1 is 1.39 bits per heavy atom. The minimum absolute atomic E-state index is 0.228. The van der Waals surface area contributed by atoms with Crippen molar-refractivity contribution in [3.8, 4) is 6.07 Å². The summed E-state index contributed by atoms with van der Waals surface area (Å²) >= 11 is 1.73. The van der Waals surface area contributed by atoms with Gasteiger partial charge in [0, 0.05) is 11.1 Å². The molecule has 0 aromatic carbocycles. The number of nitrogens with zero attached hydrogens (tertiary/aromatic N) is 2. The number of pyridine rings is 1. The number of rotatable bonds is 4. The second-order valence-electron chi connectivity index (χ2n) is 4.42. The van der Waals surface area contributed by atoms with E-state index in [0.717, 1.165) is 5.82 Å². The number of anilines is 1. The van der Waals surface area contributed by atoms with Gasteiger partial charge in [0.1, 0.15) is 5.82 Å². The van der Waals surface area contributed by atoms with Crippen LogP contribution in [-0.2, 0) is 0 Å². The Labute approximate surface area is 111 Å². The molecule has 1 atom stereocenters. The summed E-state index contributed by atoms with van der Waals surface area (Å²) in [5.41, 5.74) is 0.626. The van der Waals surface area contributed by atoms with Crippen LogP contribution < -0.4 is 5.32 Å². The van der Waals surface area contributed by atoms with Crippen LogP contribution >= 0.6 is 11.3 Å². The number of hydrogen-bond donors (Lipinski definition) is 1. The Balaban J connectivity index is 2.22. The lowest BCUT2D eigenvalue weighted by Crippen LogP contribution is -2.16. The van der Waals surface area contributed by atoms with E-state index in [0.29, 0.717) is 11.5 Å². The van der Waals surface area contributed by atoms with Gasteiger partial charge in [0.05, 0.1) is 17.7 Å². The topological polar surface area (TPSA) is 48.7 Å². The predicted octanol–water partition coefficient (Wildman–Crippen LogP) is 3.82. The van der Waals surface area contributed by atoms with E-state index in [1.54, 1.807) is 29.7 Å². The first-order chi connectivity index (χ1) is 8.70. The Morgan fingerprint density at radius 2 is 2.22 bits per heavy atom. The van der Waals surface area contributed by atoms with Crippen molar-refractivity contribution >= 4 is 17.2 Å². The smallest absolute Gasteiger partial charge is 0.127 e. The van der Waals surface area contributed by atoms with E-state index < -0.39 is 0 Å². The maximum atomic E-state index is 8.89. The third-order valence-corrected chi connectivity index (χ3v) is 3.66. The number of nitrogens with one attached hydrogen (secondary N) is 1. The fraction of sp³-hybridized carbons (Fsp3) is 0.286. The normalized spacial score (nSPS) is 12.1. The third-order valence-electron chi connectivity index (χ3n) is 2.71. The van der Waals surface area contributed by atoms with Gasteiger partial charge >= 0.3 is 0 Å². The zero-order valence-corrected chi connectivity index (χ0v) is 11.2. The molecule has 3 nitrogen and oxygen atoms in total. The van der Waals surface area contributed by atoms with Crippen LogP contribution in [0.3, 0.4) is 0 Å². The summed E-state index contributed by atoms with van der Waals surface area (Å²) in [6.45, 7) is 4.34. The quantitative estimate of drug-likeness (QED) is 0.905. The highest BCUT2D eigenvalue weighted by molar-refractivity contribution is 7.10. The Hall–Kier alpha value is -1.86. The van der Waals surface area contributed by atoms with Crippen LogP contribution in [0.15, 0.2) is 35.8 Å². The number of thiophene rings is 1. The van der Waals surface area contributed by atoms with Crippen molar-refractivity contribution in [2.75, 3.05) is 5.32 Å². The molecule has 2 aromatic heterocycles. The lowest BCUT2D eigenvalue weighted by molar-refractivity contribution is 0.552. The van der Waals surface area contributed by atoms with Crippen molar-refractivity contribution in [1.29, 1.82) is 5.26 Å². The first-order valence-electron chi connectivity index (χ1n) is 5.87. The molecule has 0 fully saturated rings. The Kier molecular flexibility index (Phi) is 3.96. The minimum Gasteiger partial charge on any atom is -0.362 e. The molecule has 0 aliphatic rings. The third kappa shape index (κ3) is 2.88. The van der Waals surface area contributed by atoms with Crippen LogP contribution in [0.1, 0.15) is 30.3 Å². The Morgan fingerprint density at radius 3 is 2.83 bits per heavy atom. The van der Waals surface area contributed by atoms with Crippen molar-refractivity contribution in [2.24, 2.45) is 5.92 Å². The number of nitriles is 1. The summed E-state index contributed by atoms with van der Waals surface area (Å²) in [4.78, 5) is 5.55. The standard InChI is InChI=1S/C14H15N3S/c1-10(2)14(12-4-3-7-18-12)17-13-8-11(9-15)5-6-16-13/h3-8,10,14H,1-2H3,(H,16,17). The lowest BCUT2D eigenvalue weighted by Gasteiger charge is -2.21. The van der Waals surface area contributed by atoms with Gasteiger partial charge in [-0.15, -0.1) is 11.3 Å². The highest BCUT2D eigenvalue weighted by atomic mass is 32.1. The number of hydrogen-bond acceptors (Lipinski definition) is 4. The second kappa shape index (κ2) is 5.65. The molecule has 0 bridgehead atoms. The van der Waals surface area contributed by atoms with Gasteiger partial charge in [-0.2, -0.15) is 5.26 Å². The molecular formula is C14H15N3S. The summed E-state index contributed by atoms with van der Waals surface area (Å²) in [5.74, 6) is 1.21. The molecule has 0 radical (unpaired) electrons. The van der Waals surface area contributed by atoms with Crippen LogP contribution in [0.25, 0.3) is 0 Å². The van der Waals surface area contributed by atoms with Crippen LogP contribution in [0.4, 0.5) is 5.82 Å². The number of aromatic nitrogens is 1. The van der Waals surface area contributed by atoms with Crippen molar-refractivity contribution in [2.45, 2.75) is 19.9 Å². The maximum Gasteiger partial charge on any atom is 0.127 e. The molecule has 2 heterocycles. The molecule has 92 valence electrons. The minimum atomic E-state index is 0.228. The molecule has 2 aromatic rings. The summed E-state index contributed by atoms with van der Waals surface area (Å²) in [6.07, 6.45) is 1.66. The van der Waals surface area contributed by atoms with Gasteiger partial charge in [0.2, 0.25) is 0 Å². The molecule has 0 amide bonds. The second-order valence-corrected chi connectivity index (χ2v) is 5.40. The van der Waals surface area contributed by atoms with Crippen molar-refractivity contribution in [3.05, 3.63) is 46.3 Å². The summed E-state index contributed by atoms with van der Waals surface area (Å²) < 4.78 is 0. The summed E-state index contributed by atoms with van der Waals surface area (Å²) in [6, 6.07) is 10.0. The van der Waals surface area contributed by atoms with Gasteiger partial charge in [-0.3, -0.25) is 0 Å². The van der Waals surface area contributed by atoms with Gasteiger partial charge in [-0.1, -0.05) is 19.9 Å². The van der Waals surface area contributed by atoms with Crippen LogP contribution in [0, 0.1) is 17.2 Å². The largest absolute Gasteiger partial charge is 0.362 e. The lowest BCUT2D eigenvalue weighted by atomic mass is 10.0. The molecule has 4 heteroatoms. The maximum absolute atomic E-state index is 8.89. The van der Waals surface area contributed by atoms with Crippen LogP contribution in [-0.4, -0.2) is 4.98 Å². The SMILES string of the molecule is CC(C)C(Nc1cc(C#N)ccn1)c1cccs1. The fourth-order valence-electron chi connectivity index (χ4n) is 1.77. The van der Waals surface area contributed by atoms with E-state index in [1.165, 1.54) is 4.88 Å². The highest BCUT2D eigenvalue weighted by Gasteiger charge is 2.17. The fourth-order valence-corrected chi connectivity index (χ4v) is 2.72. The first kappa shape index (κ1) is 12.6. The zero-order valence-electron chi connectivity index (χ0n) is 10.4. The van der Waals surface area contributed by atoms with E-state index in [2.05, 4.69) is 47.7 Å². The van der Waals surface area contributed by atoms with Gasteiger partial charge < -0.3 is 5.32 Å². The molecule has 0 saturated carbocycles. The van der Waals surface area contributed by atoms with E-state index in [1.807, 2.05) is 0 Å². The molecule has 0 spiro atoms. The first-order valence-corrected chi connectivity index (χ1v) is 6.74. The highest BCUT2D eigenvalue weighted by Crippen LogP contribution is 2.29. The van der Waals surface area contributed by atoms with Gasteiger partial charge in [-0.25, -0.2) is 4.98 Å². The van der Waals surface area contributed by atoms with E-state index in [9.17, 15) is 0 Å². The average Bonchev–Trinajstić information content (AvgIpc) is 2.89. The van der Waals surface area contributed by atoms with Crippen molar-refractivity contribution < 1.29 is 0 Å². The van der Waals surface area contributed by atoms with E-state index in [4.69, 9.17) is 5.26 Å². The van der Waals surface area contributed by atoms with Gasteiger partial charge in [0.15, 0.2) is 0 Å². The molecule has 2 rings (SSSR count). The monoisotopic (exact) mass is 257 g/mol. The molecule has 0 aliphatic heterocycles. The van der Waals surface area contributed by atoms with Crippen molar-refractivity contribution in [1.82, 2.24) is 4.98 Å². The molecule has 0 aliphatic carbocycles. The summed E-state index contributed by atoms with van der Waals surface area (Å²) in [7, 11) is 0. The molecule has 1 N–H and O–H groups in total. The van der Waals surface area contributed by atoms with Gasteiger partial charge in [0.25, 0.3) is 0 Å². The van der Waals surface area contributed by atoms with E-state index in [-0.39, 0.29) is 6.04 Å². The molecule has 0 saturated heterocycles. The van der Waals surface area contributed by atoms with Crippen LogP contribution in [0.5, 0.6) is 0 Å². The Bertz CT molecular complexity index is 540. The zero-order chi connectivity index (χ0) is 13.0. The molecule has 18 heavy (non-hydrogen) atoms. The van der Waals surface area contributed by atoms with Crippen LogP contribution in [0.2, 0.25) is 0 Å². The molecule has 1 unspecified atom stereocenters. The summed E-state index contributed by atoms with van der Waals surface area (Å²) in [5, 5.41) is 14.4. The van der Waals surface area contributed by atoms with E-state index >= 15 is 0 Å².